The summed E-state index contributed by atoms with van der Waals surface area (Å²) in [4.78, 5) is 6.81. The molecule has 2 rings (SSSR count). The topological polar surface area (TPSA) is 58.1 Å². The maximum atomic E-state index is 5.95. The second-order valence-corrected chi connectivity index (χ2v) is 7.21. The van der Waals surface area contributed by atoms with Crippen LogP contribution in [-0.4, -0.2) is 63.3 Å². The first kappa shape index (κ1) is 24.6. The van der Waals surface area contributed by atoms with Gasteiger partial charge in [0.1, 0.15) is 17.6 Å². The Balaban J connectivity index is 0.00000392. The van der Waals surface area contributed by atoms with Gasteiger partial charge in [-0.2, -0.15) is 0 Å². The molecule has 0 bridgehead atoms. The summed E-state index contributed by atoms with van der Waals surface area (Å²) in [5.74, 6) is 2.43. The molecular formula is C21H35IN4O2. The highest BCUT2D eigenvalue weighted by molar-refractivity contribution is 14.0. The summed E-state index contributed by atoms with van der Waals surface area (Å²) in [5, 5.41) is 6.89. The molecule has 2 N–H and O–H groups in total. The van der Waals surface area contributed by atoms with Gasteiger partial charge < -0.3 is 20.1 Å². The van der Waals surface area contributed by atoms with E-state index in [2.05, 4.69) is 34.0 Å². The lowest BCUT2D eigenvalue weighted by Crippen LogP contribution is -2.50. The van der Waals surface area contributed by atoms with E-state index >= 15 is 0 Å². The minimum Gasteiger partial charge on any atom is -0.497 e. The van der Waals surface area contributed by atoms with Crippen LogP contribution in [0.5, 0.6) is 11.5 Å². The van der Waals surface area contributed by atoms with Crippen LogP contribution in [0, 0.1) is 0 Å². The molecule has 1 aromatic rings. The van der Waals surface area contributed by atoms with E-state index < -0.39 is 0 Å². The van der Waals surface area contributed by atoms with E-state index in [1.807, 2.05) is 31.2 Å². The monoisotopic (exact) mass is 502 g/mol. The van der Waals surface area contributed by atoms with Gasteiger partial charge in [-0.15, -0.1) is 24.0 Å². The van der Waals surface area contributed by atoms with E-state index in [1.165, 1.54) is 5.57 Å². The number of hydrogen-bond donors (Lipinski definition) is 2. The van der Waals surface area contributed by atoms with Gasteiger partial charge in [0.2, 0.25) is 0 Å². The molecule has 0 aromatic heterocycles. The fourth-order valence-corrected chi connectivity index (χ4v) is 3.19. The number of rotatable bonds is 8. The molecule has 1 unspecified atom stereocenters. The van der Waals surface area contributed by atoms with Gasteiger partial charge in [-0.05, 0) is 38.8 Å². The molecule has 7 heteroatoms. The standard InChI is InChI=1S/C21H34N4O2.HI/c1-16(2)15-25-11-9-18(10-12-25)24-21(22-4)23-14-17(3)27-20-8-6-7-19(13-20)26-5;/h6-8,13,17-18H,1,9-12,14-15H2,2-5H3,(H2,22,23,24);1H. The number of aliphatic imine (C=N–C) groups is 1. The van der Waals surface area contributed by atoms with Crippen LogP contribution in [0.3, 0.4) is 0 Å². The third kappa shape index (κ3) is 8.68. The van der Waals surface area contributed by atoms with Crippen molar-refractivity contribution in [1.29, 1.82) is 0 Å². The predicted molar refractivity (Wildman–Crippen MR) is 127 cm³/mol. The average Bonchev–Trinajstić information content (AvgIpc) is 2.66. The Hall–Kier alpha value is -1.48. The number of likely N-dealkylation sites (tertiary alicyclic amines) is 1. The van der Waals surface area contributed by atoms with Gasteiger partial charge in [0.25, 0.3) is 0 Å². The minimum atomic E-state index is 0. The number of benzene rings is 1. The summed E-state index contributed by atoms with van der Waals surface area (Å²) < 4.78 is 11.2. The highest BCUT2D eigenvalue weighted by Gasteiger charge is 2.20. The number of nitrogens with zero attached hydrogens (tertiary/aromatic N) is 2. The lowest BCUT2D eigenvalue weighted by Gasteiger charge is -2.33. The van der Waals surface area contributed by atoms with Crippen molar-refractivity contribution < 1.29 is 9.47 Å². The van der Waals surface area contributed by atoms with Crippen molar-refractivity contribution in [2.24, 2.45) is 4.99 Å². The van der Waals surface area contributed by atoms with E-state index in [-0.39, 0.29) is 30.1 Å². The summed E-state index contributed by atoms with van der Waals surface area (Å²) in [6.45, 7) is 12.0. The van der Waals surface area contributed by atoms with E-state index in [1.54, 1.807) is 14.2 Å². The number of halogens is 1. The first-order valence-electron chi connectivity index (χ1n) is 9.64. The summed E-state index contributed by atoms with van der Waals surface area (Å²) in [5.41, 5.74) is 1.23. The Bertz CT molecular complexity index is 631. The molecule has 0 amide bonds. The number of hydrogen-bond acceptors (Lipinski definition) is 4. The quantitative estimate of drug-likeness (QED) is 0.247. The SMILES string of the molecule is C=C(C)CN1CCC(NC(=NC)NCC(C)Oc2cccc(OC)c2)CC1.I. The largest absolute Gasteiger partial charge is 0.497 e. The zero-order valence-corrected chi connectivity index (χ0v) is 19.9. The van der Waals surface area contributed by atoms with E-state index in [0.29, 0.717) is 12.6 Å². The Kier molecular flexibility index (Phi) is 11.3. The Labute approximate surface area is 186 Å². The predicted octanol–water partition coefficient (Wildman–Crippen LogP) is 3.29. The van der Waals surface area contributed by atoms with Crippen molar-refractivity contribution in [2.75, 3.05) is 40.3 Å². The molecule has 1 aliphatic rings. The Morgan fingerprint density at radius 1 is 1.32 bits per heavy atom. The number of ether oxygens (including phenoxy) is 2. The first-order valence-corrected chi connectivity index (χ1v) is 9.64. The molecule has 1 fully saturated rings. The fraction of sp³-hybridized carbons (Fsp3) is 0.571. The lowest BCUT2D eigenvalue weighted by atomic mass is 10.0. The maximum Gasteiger partial charge on any atom is 0.191 e. The van der Waals surface area contributed by atoms with E-state index in [4.69, 9.17) is 9.47 Å². The molecule has 0 aliphatic carbocycles. The van der Waals surface area contributed by atoms with Crippen molar-refractivity contribution in [3.8, 4) is 11.5 Å². The van der Waals surface area contributed by atoms with E-state index in [0.717, 1.165) is 49.9 Å². The first-order chi connectivity index (χ1) is 13.0. The van der Waals surface area contributed by atoms with Crippen LogP contribution in [0.15, 0.2) is 41.4 Å². The summed E-state index contributed by atoms with van der Waals surface area (Å²) in [6.07, 6.45) is 2.24. The maximum absolute atomic E-state index is 5.95. The Morgan fingerprint density at radius 2 is 2.00 bits per heavy atom. The molecular weight excluding hydrogens is 467 g/mol. The molecule has 0 spiro atoms. The van der Waals surface area contributed by atoms with Crippen molar-refractivity contribution in [3.05, 3.63) is 36.4 Å². The van der Waals surface area contributed by atoms with Gasteiger partial charge in [0, 0.05) is 38.8 Å². The fourth-order valence-electron chi connectivity index (χ4n) is 3.19. The molecule has 0 saturated carbocycles. The van der Waals surface area contributed by atoms with Crippen LogP contribution in [0.2, 0.25) is 0 Å². The normalized spacial score (nSPS) is 16.6. The van der Waals surface area contributed by atoms with Crippen LogP contribution in [-0.2, 0) is 0 Å². The van der Waals surface area contributed by atoms with Gasteiger partial charge in [0.15, 0.2) is 5.96 Å². The number of guanidine groups is 1. The molecule has 1 aliphatic heterocycles. The molecule has 1 aromatic carbocycles. The number of piperidine rings is 1. The van der Waals surface area contributed by atoms with Crippen LogP contribution in [0.4, 0.5) is 0 Å². The summed E-state index contributed by atoms with van der Waals surface area (Å²) >= 11 is 0. The number of methoxy groups -OCH3 is 1. The Morgan fingerprint density at radius 3 is 2.61 bits per heavy atom. The zero-order valence-electron chi connectivity index (χ0n) is 17.5. The van der Waals surface area contributed by atoms with E-state index in [9.17, 15) is 0 Å². The lowest BCUT2D eigenvalue weighted by molar-refractivity contribution is 0.216. The highest BCUT2D eigenvalue weighted by atomic mass is 127. The number of nitrogens with one attached hydrogen (secondary N) is 2. The average molecular weight is 502 g/mol. The summed E-state index contributed by atoms with van der Waals surface area (Å²) in [6, 6.07) is 8.11. The third-order valence-corrected chi connectivity index (χ3v) is 4.58. The van der Waals surface area contributed by atoms with Crippen LogP contribution in [0.1, 0.15) is 26.7 Å². The molecule has 6 nitrogen and oxygen atoms in total. The molecule has 1 saturated heterocycles. The van der Waals surface area contributed by atoms with Gasteiger partial charge in [-0.3, -0.25) is 9.89 Å². The minimum absolute atomic E-state index is 0. The smallest absolute Gasteiger partial charge is 0.191 e. The van der Waals surface area contributed by atoms with Crippen molar-refractivity contribution in [2.45, 2.75) is 38.8 Å². The van der Waals surface area contributed by atoms with Crippen LogP contribution in [0.25, 0.3) is 0 Å². The van der Waals surface area contributed by atoms with Crippen LogP contribution < -0.4 is 20.1 Å². The molecule has 28 heavy (non-hydrogen) atoms. The van der Waals surface area contributed by atoms with Gasteiger partial charge in [0.05, 0.1) is 13.7 Å². The van der Waals surface area contributed by atoms with Crippen molar-refractivity contribution in [1.82, 2.24) is 15.5 Å². The summed E-state index contributed by atoms with van der Waals surface area (Å²) in [7, 11) is 3.46. The molecule has 1 heterocycles. The van der Waals surface area contributed by atoms with Crippen molar-refractivity contribution >= 4 is 29.9 Å². The van der Waals surface area contributed by atoms with Crippen molar-refractivity contribution in [3.63, 3.8) is 0 Å². The third-order valence-electron chi connectivity index (χ3n) is 4.58. The van der Waals surface area contributed by atoms with Gasteiger partial charge in [-0.25, -0.2) is 0 Å². The van der Waals surface area contributed by atoms with Gasteiger partial charge >= 0.3 is 0 Å². The van der Waals surface area contributed by atoms with Crippen LogP contribution >= 0.6 is 24.0 Å². The van der Waals surface area contributed by atoms with Gasteiger partial charge in [-0.1, -0.05) is 18.2 Å². The second kappa shape index (κ2) is 12.9. The zero-order chi connectivity index (χ0) is 19.6. The second-order valence-electron chi connectivity index (χ2n) is 7.21. The molecule has 0 radical (unpaired) electrons. The highest BCUT2D eigenvalue weighted by Crippen LogP contribution is 2.19. The molecule has 1 atom stereocenters. The molecule has 158 valence electrons.